The second-order valence-electron chi connectivity index (χ2n) is 7.73. The summed E-state index contributed by atoms with van der Waals surface area (Å²) in [6.07, 6.45) is 2.10. The van der Waals surface area contributed by atoms with E-state index in [9.17, 15) is 9.59 Å². The van der Waals surface area contributed by atoms with Crippen LogP contribution in [0.2, 0.25) is 0 Å². The van der Waals surface area contributed by atoms with Crippen LogP contribution in [0.1, 0.15) is 44.7 Å². The van der Waals surface area contributed by atoms with Crippen molar-refractivity contribution < 1.29 is 14.3 Å². The summed E-state index contributed by atoms with van der Waals surface area (Å²) < 4.78 is 5.75. The van der Waals surface area contributed by atoms with Crippen LogP contribution in [0.3, 0.4) is 0 Å². The predicted octanol–water partition coefficient (Wildman–Crippen LogP) is 5.06. The molecule has 3 aromatic rings. The molecule has 1 aliphatic heterocycles. The number of ether oxygens (including phenoxy) is 1. The smallest absolute Gasteiger partial charge is 0.255 e. The van der Waals surface area contributed by atoms with E-state index >= 15 is 0 Å². The summed E-state index contributed by atoms with van der Waals surface area (Å²) >= 11 is 0. The number of likely N-dealkylation sites (tertiary alicyclic amines) is 1. The summed E-state index contributed by atoms with van der Waals surface area (Å²) in [5, 5.41) is 2.95. The van der Waals surface area contributed by atoms with Gasteiger partial charge in [0.15, 0.2) is 0 Å². The molecule has 0 aliphatic carbocycles. The zero-order chi connectivity index (χ0) is 21.6. The monoisotopic (exact) mass is 414 g/mol. The zero-order valence-electron chi connectivity index (χ0n) is 17.6. The normalized spacial score (nSPS) is 13.1. The quantitative estimate of drug-likeness (QED) is 0.613. The van der Waals surface area contributed by atoms with Crippen molar-refractivity contribution in [2.24, 2.45) is 0 Å². The van der Waals surface area contributed by atoms with Gasteiger partial charge in [0.1, 0.15) is 12.4 Å². The van der Waals surface area contributed by atoms with E-state index in [1.165, 1.54) is 0 Å². The molecule has 1 N–H and O–H groups in total. The number of rotatable bonds is 6. The molecule has 31 heavy (non-hydrogen) atoms. The van der Waals surface area contributed by atoms with Crippen LogP contribution in [0.15, 0.2) is 72.8 Å². The first-order valence-corrected chi connectivity index (χ1v) is 10.6. The number of benzene rings is 3. The van der Waals surface area contributed by atoms with E-state index in [0.717, 1.165) is 42.8 Å². The average molecular weight is 415 g/mol. The maximum absolute atomic E-state index is 12.8. The number of carbonyl (C=O) groups excluding carboxylic acids is 2. The Balaban J connectivity index is 1.41. The molecule has 5 nitrogen and oxygen atoms in total. The molecule has 158 valence electrons. The molecule has 3 aromatic carbocycles. The molecule has 0 radical (unpaired) electrons. The fraction of sp³-hybridized carbons (Fsp3) is 0.231. The second kappa shape index (κ2) is 9.47. The maximum Gasteiger partial charge on any atom is 0.255 e. The number of hydrogen-bond acceptors (Lipinski definition) is 3. The Bertz CT molecular complexity index is 1060. The number of nitrogens with one attached hydrogen (secondary N) is 1. The predicted molar refractivity (Wildman–Crippen MR) is 121 cm³/mol. The van der Waals surface area contributed by atoms with Crippen molar-refractivity contribution >= 4 is 17.5 Å². The third-order valence-electron chi connectivity index (χ3n) is 5.57. The van der Waals surface area contributed by atoms with Crippen LogP contribution in [-0.2, 0) is 6.61 Å². The number of para-hydroxylation sites is 1. The minimum atomic E-state index is -0.204. The number of nitrogens with zero attached hydrogens (tertiary/aromatic N) is 1. The van der Waals surface area contributed by atoms with E-state index < -0.39 is 0 Å². The van der Waals surface area contributed by atoms with Gasteiger partial charge in [-0.25, -0.2) is 0 Å². The SMILES string of the molecule is Cc1c(NC(=O)c2ccc(COc3ccccc3)cc2)cccc1C(=O)N1CCCC1. The lowest BCUT2D eigenvalue weighted by Gasteiger charge is -2.18. The Kier molecular flexibility index (Phi) is 6.32. The Morgan fingerprint density at radius 2 is 1.61 bits per heavy atom. The van der Waals surface area contributed by atoms with Crippen molar-refractivity contribution in [3.05, 3.63) is 95.1 Å². The number of anilines is 1. The highest BCUT2D eigenvalue weighted by Crippen LogP contribution is 2.23. The first-order valence-electron chi connectivity index (χ1n) is 10.6. The largest absolute Gasteiger partial charge is 0.489 e. The van der Waals surface area contributed by atoms with E-state index in [0.29, 0.717) is 23.4 Å². The van der Waals surface area contributed by atoms with E-state index in [4.69, 9.17) is 4.74 Å². The highest BCUT2D eigenvalue weighted by Gasteiger charge is 2.22. The Morgan fingerprint density at radius 3 is 2.32 bits per heavy atom. The summed E-state index contributed by atoms with van der Waals surface area (Å²) in [6.45, 7) is 3.92. The number of amides is 2. The topological polar surface area (TPSA) is 58.6 Å². The van der Waals surface area contributed by atoms with Crippen molar-refractivity contribution in [3.8, 4) is 5.75 Å². The summed E-state index contributed by atoms with van der Waals surface area (Å²) in [5.41, 5.74) is 3.63. The molecule has 0 unspecified atom stereocenters. The fourth-order valence-corrected chi connectivity index (χ4v) is 3.72. The highest BCUT2D eigenvalue weighted by atomic mass is 16.5. The standard InChI is InChI=1S/C26H26N2O3/c1-19-23(26(30)28-16-5-6-17-28)10-7-11-24(19)27-25(29)21-14-12-20(13-15-21)18-31-22-8-3-2-4-9-22/h2-4,7-15H,5-6,16-18H2,1H3,(H,27,29). The van der Waals surface area contributed by atoms with Gasteiger partial charge in [-0.2, -0.15) is 0 Å². The van der Waals surface area contributed by atoms with Gasteiger partial charge >= 0.3 is 0 Å². The molecule has 0 spiro atoms. The minimum absolute atomic E-state index is 0.0360. The first-order chi connectivity index (χ1) is 15.1. The molecule has 1 fully saturated rings. The van der Waals surface area contributed by atoms with Crippen LogP contribution >= 0.6 is 0 Å². The highest BCUT2D eigenvalue weighted by molar-refractivity contribution is 6.06. The van der Waals surface area contributed by atoms with Gasteiger partial charge in [0.25, 0.3) is 11.8 Å². The lowest BCUT2D eigenvalue weighted by molar-refractivity contribution is 0.0791. The van der Waals surface area contributed by atoms with E-state index in [2.05, 4.69) is 5.32 Å². The van der Waals surface area contributed by atoms with Gasteiger partial charge in [0.2, 0.25) is 0 Å². The first kappa shape index (κ1) is 20.7. The van der Waals surface area contributed by atoms with Crippen molar-refractivity contribution in [2.45, 2.75) is 26.4 Å². The molecular weight excluding hydrogens is 388 g/mol. The van der Waals surface area contributed by atoms with Crippen molar-refractivity contribution in [1.82, 2.24) is 4.90 Å². The van der Waals surface area contributed by atoms with Gasteiger partial charge < -0.3 is 15.0 Å². The van der Waals surface area contributed by atoms with Crippen molar-refractivity contribution in [1.29, 1.82) is 0 Å². The lowest BCUT2D eigenvalue weighted by atomic mass is 10.0. The summed E-state index contributed by atoms with van der Waals surface area (Å²) in [6, 6.07) is 22.4. The Morgan fingerprint density at radius 1 is 0.903 bits per heavy atom. The third kappa shape index (κ3) is 4.94. The van der Waals surface area contributed by atoms with Gasteiger partial charge in [0.05, 0.1) is 0 Å². The molecular formula is C26H26N2O3. The van der Waals surface area contributed by atoms with Crippen molar-refractivity contribution in [3.63, 3.8) is 0 Å². The molecule has 1 aliphatic rings. The van der Waals surface area contributed by atoms with E-state index in [1.54, 1.807) is 12.1 Å². The molecule has 5 heteroatoms. The molecule has 0 aromatic heterocycles. The number of hydrogen-bond donors (Lipinski definition) is 1. The van der Waals surface area contributed by atoms with Gasteiger partial charge in [-0.1, -0.05) is 36.4 Å². The van der Waals surface area contributed by atoms with Gasteiger partial charge in [-0.3, -0.25) is 9.59 Å². The van der Waals surface area contributed by atoms with Gasteiger partial charge in [0, 0.05) is 29.9 Å². The minimum Gasteiger partial charge on any atom is -0.489 e. The van der Waals surface area contributed by atoms with Crippen LogP contribution in [0.5, 0.6) is 5.75 Å². The Labute approximate surface area is 182 Å². The summed E-state index contributed by atoms with van der Waals surface area (Å²) in [7, 11) is 0. The molecule has 0 atom stereocenters. The van der Waals surface area contributed by atoms with Gasteiger partial charge in [-0.15, -0.1) is 0 Å². The zero-order valence-corrected chi connectivity index (χ0v) is 17.6. The maximum atomic E-state index is 12.8. The van der Waals surface area contributed by atoms with Crippen LogP contribution in [0.4, 0.5) is 5.69 Å². The molecule has 0 bridgehead atoms. The van der Waals surface area contributed by atoms with Crippen LogP contribution in [0.25, 0.3) is 0 Å². The summed E-state index contributed by atoms with van der Waals surface area (Å²) in [5.74, 6) is 0.640. The van der Waals surface area contributed by atoms with Crippen LogP contribution in [0, 0.1) is 6.92 Å². The molecule has 0 saturated carbocycles. The Hall–Kier alpha value is -3.60. The third-order valence-corrected chi connectivity index (χ3v) is 5.57. The molecule has 2 amide bonds. The van der Waals surface area contributed by atoms with Crippen LogP contribution < -0.4 is 10.1 Å². The van der Waals surface area contributed by atoms with E-state index in [1.807, 2.05) is 72.5 Å². The fourth-order valence-electron chi connectivity index (χ4n) is 3.72. The lowest BCUT2D eigenvalue weighted by Crippen LogP contribution is -2.28. The number of carbonyl (C=O) groups is 2. The molecule has 1 heterocycles. The average Bonchev–Trinajstić information content (AvgIpc) is 3.35. The van der Waals surface area contributed by atoms with E-state index in [-0.39, 0.29) is 11.8 Å². The molecule has 4 rings (SSSR count). The van der Waals surface area contributed by atoms with Crippen LogP contribution in [-0.4, -0.2) is 29.8 Å². The van der Waals surface area contributed by atoms with Gasteiger partial charge in [-0.05, 0) is 67.3 Å². The summed E-state index contributed by atoms with van der Waals surface area (Å²) in [4.78, 5) is 27.4. The van der Waals surface area contributed by atoms with Crippen molar-refractivity contribution in [2.75, 3.05) is 18.4 Å². The molecule has 1 saturated heterocycles. The second-order valence-corrected chi connectivity index (χ2v) is 7.73.